The van der Waals surface area contributed by atoms with Crippen LogP contribution in [0.25, 0.3) is 0 Å². The summed E-state index contributed by atoms with van der Waals surface area (Å²) in [6, 6.07) is 5.72. The van der Waals surface area contributed by atoms with Gasteiger partial charge in [-0.1, -0.05) is 0 Å². The van der Waals surface area contributed by atoms with Gasteiger partial charge in [0.25, 0.3) is 0 Å². The molecule has 0 aromatic heterocycles. The molecule has 0 saturated carbocycles. The largest absolute Gasteiger partial charge is 0.497 e. The van der Waals surface area contributed by atoms with Gasteiger partial charge >= 0.3 is 0 Å². The average Bonchev–Trinajstić information content (AvgIpc) is 2.61. The van der Waals surface area contributed by atoms with Gasteiger partial charge in [-0.25, -0.2) is 0 Å². The topological polar surface area (TPSA) is 75.2 Å². The minimum absolute atomic E-state index is 0. The predicted molar refractivity (Wildman–Crippen MR) is 116 cm³/mol. The Bertz CT molecular complexity index is 620. The molecular formula is C18H31IN4O3. The summed E-state index contributed by atoms with van der Waals surface area (Å²) in [6.07, 6.45) is 0. The molecule has 26 heavy (non-hydrogen) atoms. The van der Waals surface area contributed by atoms with Crippen molar-refractivity contribution in [3.8, 4) is 11.5 Å². The fraction of sp³-hybridized carbons (Fsp3) is 0.556. The van der Waals surface area contributed by atoms with Crippen LogP contribution in [-0.2, 0) is 11.3 Å². The number of methoxy groups -OCH3 is 2. The van der Waals surface area contributed by atoms with Crippen molar-refractivity contribution in [1.82, 2.24) is 15.5 Å². The summed E-state index contributed by atoms with van der Waals surface area (Å²) in [4.78, 5) is 18.2. The Morgan fingerprint density at radius 2 is 1.92 bits per heavy atom. The zero-order valence-corrected chi connectivity index (χ0v) is 19.0. The van der Waals surface area contributed by atoms with Crippen LogP contribution in [0.3, 0.4) is 0 Å². The summed E-state index contributed by atoms with van der Waals surface area (Å²) in [7, 11) is 8.56. The molecule has 7 nitrogen and oxygen atoms in total. The SMILES string of the molecule is CN=C(NCC(C)(C)C(=O)NC)N(C)Cc1ccc(OC)cc1OC.I. The second kappa shape index (κ2) is 11.1. The molecule has 1 amide bonds. The number of rotatable bonds is 7. The first kappa shape index (κ1) is 24.3. The molecule has 0 unspecified atom stereocenters. The standard InChI is InChI=1S/C18H30N4O3.HI/c1-18(2,16(23)19-3)12-21-17(20-4)22(5)11-13-8-9-14(24-6)10-15(13)25-7;/h8-10H,11-12H2,1-7H3,(H,19,23)(H,20,21);1H. The highest BCUT2D eigenvalue weighted by Crippen LogP contribution is 2.25. The smallest absolute Gasteiger partial charge is 0.227 e. The Balaban J connectivity index is 0.00000625. The van der Waals surface area contributed by atoms with E-state index >= 15 is 0 Å². The molecule has 0 heterocycles. The molecule has 2 N–H and O–H groups in total. The van der Waals surface area contributed by atoms with E-state index in [0.29, 0.717) is 19.0 Å². The Labute approximate surface area is 173 Å². The highest BCUT2D eigenvalue weighted by atomic mass is 127. The molecular weight excluding hydrogens is 447 g/mol. The highest BCUT2D eigenvalue weighted by Gasteiger charge is 2.27. The molecule has 0 saturated heterocycles. The molecule has 0 bridgehead atoms. The van der Waals surface area contributed by atoms with Crippen LogP contribution in [0, 0.1) is 5.41 Å². The lowest BCUT2D eigenvalue weighted by atomic mass is 9.92. The van der Waals surface area contributed by atoms with Gasteiger partial charge in [0.1, 0.15) is 11.5 Å². The number of hydrogen-bond acceptors (Lipinski definition) is 4. The van der Waals surface area contributed by atoms with Gasteiger partial charge in [0.2, 0.25) is 5.91 Å². The number of nitrogens with zero attached hydrogens (tertiary/aromatic N) is 2. The lowest BCUT2D eigenvalue weighted by Crippen LogP contribution is -2.47. The number of nitrogens with one attached hydrogen (secondary N) is 2. The normalized spacial score (nSPS) is 11.3. The quantitative estimate of drug-likeness (QED) is 0.357. The van der Waals surface area contributed by atoms with Crippen molar-refractivity contribution in [2.75, 3.05) is 41.9 Å². The van der Waals surface area contributed by atoms with E-state index in [1.54, 1.807) is 28.3 Å². The van der Waals surface area contributed by atoms with Gasteiger partial charge in [0.15, 0.2) is 5.96 Å². The molecule has 1 aromatic carbocycles. The van der Waals surface area contributed by atoms with Gasteiger partial charge in [-0.05, 0) is 26.0 Å². The maximum atomic E-state index is 11.9. The predicted octanol–water partition coefficient (Wildman–Crippen LogP) is 2.10. The molecule has 8 heteroatoms. The second-order valence-electron chi connectivity index (χ2n) is 6.40. The van der Waals surface area contributed by atoms with Gasteiger partial charge < -0.3 is 25.0 Å². The molecule has 0 fully saturated rings. The molecule has 0 aliphatic rings. The van der Waals surface area contributed by atoms with E-state index in [9.17, 15) is 4.79 Å². The highest BCUT2D eigenvalue weighted by molar-refractivity contribution is 14.0. The van der Waals surface area contributed by atoms with Crippen LogP contribution in [-0.4, -0.2) is 58.7 Å². The van der Waals surface area contributed by atoms with E-state index < -0.39 is 5.41 Å². The molecule has 148 valence electrons. The molecule has 0 aliphatic carbocycles. The Morgan fingerprint density at radius 3 is 2.42 bits per heavy atom. The first-order valence-electron chi connectivity index (χ1n) is 8.14. The van der Waals surface area contributed by atoms with Crippen LogP contribution < -0.4 is 20.1 Å². The van der Waals surface area contributed by atoms with Crippen LogP contribution in [0.2, 0.25) is 0 Å². The van der Waals surface area contributed by atoms with Crippen molar-refractivity contribution in [3.05, 3.63) is 23.8 Å². The number of benzene rings is 1. The van der Waals surface area contributed by atoms with Crippen LogP contribution in [0.5, 0.6) is 11.5 Å². The third kappa shape index (κ3) is 6.54. The zero-order chi connectivity index (χ0) is 19.0. The van der Waals surface area contributed by atoms with Crippen LogP contribution in [0.1, 0.15) is 19.4 Å². The summed E-state index contributed by atoms with van der Waals surface area (Å²) < 4.78 is 10.7. The number of ether oxygens (including phenoxy) is 2. The fourth-order valence-corrected chi connectivity index (χ4v) is 2.42. The van der Waals surface area contributed by atoms with Gasteiger partial charge in [0, 0.05) is 45.9 Å². The maximum Gasteiger partial charge on any atom is 0.227 e. The second-order valence-corrected chi connectivity index (χ2v) is 6.40. The first-order valence-corrected chi connectivity index (χ1v) is 8.14. The number of hydrogen-bond donors (Lipinski definition) is 2. The van der Waals surface area contributed by atoms with Gasteiger partial charge in [0.05, 0.1) is 19.6 Å². The van der Waals surface area contributed by atoms with E-state index in [1.807, 2.05) is 44.0 Å². The lowest BCUT2D eigenvalue weighted by molar-refractivity contribution is -0.128. The molecule has 1 aromatic rings. The van der Waals surface area contributed by atoms with Gasteiger partial charge in [-0.3, -0.25) is 9.79 Å². The third-order valence-electron chi connectivity index (χ3n) is 4.01. The first-order chi connectivity index (χ1) is 11.8. The summed E-state index contributed by atoms with van der Waals surface area (Å²) >= 11 is 0. The number of guanidine groups is 1. The molecule has 0 aliphatic heterocycles. The summed E-state index contributed by atoms with van der Waals surface area (Å²) in [5, 5.41) is 5.94. The number of amides is 1. The van der Waals surface area contributed by atoms with Crippen molar-refractivity contribution >= 4 is 35.8 Å². The van der Waals surface area contributed by atoms with Crippen molar-refractivity contribution in [1.29, 1.82) is 0 Å². The van der Waals surface area contributed by atoms with E-state index in [2.05, 4.69) is 15.6 Å². The summed E-state index contributed by atoms with van der Waals surface area (Å²) in [5.74, 6) is 2.19. The monoisotopic (exact) mass is 478 g/mol. The van der Waals surface area contributed by atoms with Crippen molar-refractivity contribution in [2.45, 2.75) is 20.4 Å². The third-order valence-corrected chi connectivity index (χ3v) is 4.01. The minimum atomic E-state index is -0.538. The minimum Gasteiger partial charge on any atom is -0.497 e. The number of halogens is 1. The fourth-order valence-electron chi connectivity index (χ4n) is 2.42. The summed E-state index contributed by atoms with van der Waals surface area (Å²) in [5.41, 5.74) is 0.475. The number of carbonyl (C=O) groups excluding carboxylic acids is 1. The lowest BCUT2D eigenvalue weighted by Gasteiger charge is -2.28. The van der Waals surface area contributed by atoms with Crippen LogP contribution >= 0.6 is 24.0 Å². The Morgan fingerprint density at radius 1 is 1.27 bits per heavy atom. The van der Waals surface area contributed by atoms with E-state index in [4.69, 9.17) is 9.47 Å². The van der Waals surface area contributed by atoms with Gasteiger partial charge in [-0.15, -0.1) is 24.0 Å². The molecule has 1 rings (SSSR count). The van der Waals surface area contributed by atoms with Crippen LogP contribution in [0.4, 0.5) is 0 Å². The van der Waals surface area contributed by atoms with Crippen molar-refractivity contribution < 1.29 is 14.3 Å². The maximum absolute atomic E-state index is 11.9. The number of carbonyl (C=O) groups is 1. The average molecular weight is 478 g/mol. The van der Waals surface area contributed by atoms with E-state index in [0.717, 1.165) is 17.1 Å². The Hall–Kier alpha value is -1.71. The van der Waals surface area contributed by atoms with E-state index in [1.165, 1.54) is 0 Å². The summed E-state index contributed by atoms with van der Waals surface area (Å²) in [6.45, 7) is 4.86. The Kier molecular flexibility index (Phi) is 10.4. The van der Waals surface area contributed by atoms with Gasteiger partial charge in [-0.2, -0.15) is 0 Å². The molecule has 0 radical (unpaired) electrons. The van der Waals surface area contributed by atoms with Crippen molar-refractivity contribution in [2.24, 2.45) is 10.4 Å². The van der Waals surface area contributed by atoms with E-state index in [-0.39, 0.29) is 29.9 Å². The zero-order valence-electron chi connectivity index (χ0n) is 16.7. The van der Waals surface area contributed by atoms with Crippen LogP contribution in [0.15, 0.2) is 23.2 Å². The van der Waals surface area contributed by atoms with Crippen molar-refractivity contribution in [3.63, 3.8) is 0 Å². The molecule has 0 spiro atoms. The number of aliphatic imine (C=N–C) groups is 1. The molecule has 0 atom stereocenters.